The zero-order chi connectivity index (χ0) is 13.7. The molecule has 0 fully saturated rings. The molecule has 0 aliphatic heterocycles. The van der Waals surface area contributed by atoms with Crippen LogP contribution in [0.1, 0.15) is 16.9 Å². The lowest BCUT2D eigenvalue weighted by Gasteiger charge is -2.05. The molecule has 1 N–H and O–H groups in total. The number of nitrogens with zero attached hydrogens (tertiary/aromatic N) is 1. The topological polar surface area (TPSA) is 83.1 Å². The van der Waals surface area contributed by atoms with E-state index in [1.807, 2.05) is 6.07 Å². The molecule has 6 heteroatoms. The zero-order valence-corrected chi connectivity index (χ0v) is 10.9. The van der Waals surface area contributed by atoms with Gasteiger partial charge in [-0.25, -0.2) is 13.1 Å². The van der Waals surface area contributed by atoms with Gasteiger partial charge in [0.15, 0.2) is 0 Å². The normalized spacial score (nSPS) is 11.1. The quantitative estimate of drug-likeness (QED) is 0.902. The Hall–Kier alpha value is -2.10. The monoisotopic (exact) mass is 276 g/mol. The fourth-order valence-corrected chi connectivity index (χ4v) is 2.64. The van der Waals surface area contributed by atoms with Crippen LogP contribution in [-0.4, -0.2) is 8.42 Å². The van der Waals surface area contributed by atoms with Crippen molar-refractivity contribution >= 4 is 10.0 Å². The summed E-state index contributed by atoms with van der Waals surface area (Å²) in [5.41, 5.74) is 1.13. The molecule has 1 aromatic carbocycles. The molecule has 1 aromatic heterocycles. The number of nitrogens with one attached hydrogen (secondary N) is 1. The summed E-state index contributed by atoms with van der Waals surface area (Å²) in [6, 6.07) is 11.8. The maximum Gasteiger partial charge on any atom is 0.216 e. The molecule has 5 nitrogen and oxygen atoms in total. The van der Waals surface area contributed by atoms with Crippen LogP contribution >= 0.6 is 0 Å². The van der Waals surface area contributed by atoms with Crippen LogP contribution in [0.25, 0.3) is 0 Å². The van der Waals surface area contributed by atoms with Crippen molar-refractivity contribution in [2.75, 3.05) is 0 Å². The van der Waals surface area contributed by atoms with Gasteiger partial charge < -0.3 is 4.42 Å². The number of furan rings is 1. The fraction of sp³-hybridized carbons (Fsp3) is 0.154. The predicted octanol–water partition coefficient (Wildman–Crippen LogP) is 1.77. The Morgan fingerprint density at radius 2 is 1.95 bits per heavy atom. The molecule has 2 rings (SSSR count). The Balaban J connectivity index is 1.98. The number of sulfonamides is 1. The summed E-state index contributed by atoms with van der Waals surface area (Å²) in [7, 11) is -3.42. The lowest BCUT2D eigenvalue weighted by Crippen LogP contribution is -2.24. The number of hydrogen-bond acceptors (Lipinski definition) is 4. The average molecular weight is 276 g/mol. The number of hydrogen-bond donors (Lipinski definition) is 1. The minimum atomic E-state index is -3.42. The van der Waals surface area contributed by atoms with Gasteiger partial charge in [0.2, 0.25) is 10.0 Å². The number of benzene rings is 1. The minimum Gasteiger partial charge on any atom is -0.468 e. The van der Waals surface area contributed by atoms with Gasteiger partial charge in [0, 0.05) is 0 Å². The van der Waals surface area contributed by atoms with Crippen molar-refractivity contribution in [2.24, 2.45) is 0 Å². The van der Waals surface area contributed by atoms with E-state index in [-0.39, 0.29) is 12.3 Å². The molecule has 0 saturated heterocycles. The smallest absolute Gasteiger partial charge is 0.216 e. The van der Waals surface area contributed by atoms with Crippen LogP contribution < -0.4 is 4.72 Å². The van der Waals surface area contributed by atoms with Crippen molar-refractivity contribution in [3.63, 3.8) is 0 Å². The van der Waals surface area contributed by atoms with Gasteiger partial charge in [-0.05, 0) is 29.8 Å². The van der Waals surface area contributed by atoms with E-state index in [2.05, 4.69) is 4.72 Å². The molecule has 1 heterocycles. The summed E-state index contributed by atoms with van der Waals surface area (Å²) >= 11 is 0. The molecule has 0 amide bonds. The number of nitriles is 1. The van der Waals surface area contributed by atoms with Crippen molar-refractivity contribution in [1.29, 1.82) is 5.26 Å². The summed E-state index contributed by atoms with van der Waals surface area (Å²) in [4.78, 5) is 0. The molecular formula is C13H12N2O3S. The predicted molar refractivity (Wildman–Crippen MR) is 69.3 cm³/mol. The maximum atomic E-state index is 11.8. The minimum absolute atomic E-state index is 0.126. The molecule has 0 aliphatic carbocycles. The van der Waals surface area contributed by atoms with Gasteiger partial charge >= 0.3 is 0 Å². The third-order valence-electron chi connectivity index (χ3n) is 2.49. The van der Waals surface area contributed by atoms with Crippen LogP contribution in [0.2, 0.25) is 0 Å². The second-order valence-corrected chi connectivity index (χ2v) is 5.78. The van der Waals surface area contributed by atoms with E-state index in [0.29, 0.717) is 16.9 Å². The van der Waals surface area contributed by atoms with Crippen LogP contribution in [0.5, 0.6) is 0 Å². The SMILES string of the molecule is N#Cc1ccc(CS(=O)(=O)NCc2ccco2)cc1. The summed E-state index contributed by atoms with van der Waals surface area (Å²) in [5, 5.41) is 8.66. The van der Waals surface area contributed by atoms with Crippen molar-refractivity contribution in [3.05, 3.63) is 59.5 Å². The highest BCUT2D eigenvalue weighted by molar-refractivity contribution is 7.88. The second-order valence-electron chi connectivity index (χ2n) is 3.97. The first kappa shape index (κ1) is 13.3. The van der Waals surface area contributed by atoms with Gasteiger partial charge in [-0.2, -0.15) is 5.26 Å². The summed E-state index contributed by atoms with van der Waals surface area (Å²) in [6.07, 6.45) is 1.49. The molecule has 0 bridgehead atoms. The highest BCUT2D eigenvalue weighted by Crippen LogP contribution is 2.08. The Bertz CT molecular complexity index is 668. The first-order chi connectivity index (χ1) is 9.09. The van der Waals surface area contributed by atoms with E-state index in [1.54, 1.807) is 36.4 Å². The van der Waals surface area contributed by atoms with Crippen LogP contribution in [0.4, 0.5) is 0 Å². The molecule has 0 radical (unpaired) electrons. The molecular weight excluding hydrogens is 264 g/mol. The van der Waals surface area contributed by atoms with Gasteiger partial charge in [0.05, 0.1) is 30.2 Å². The van der Waals surface area contributed by atoms with Gasteiger partial charge in [-0.1, -0.05) is 12.1 Å². The highest BCUT2D eigenvalue weighted by atomic mass is 32.2. The summed E-state index contributed by atoms with van der Waals surface area (Å²) in [5.74, 6) is 0.433. The lowest BCUT2D eigenvalue weighted by molar-refractivity contribution is 0.498. The van der Waals surface area contributed by atoms with Crippen molar-refractivity contribution < 1.29 is 12.8 Å². The van der Waals surface area contributed by atoms with Gasteiger partial charge in [0.1, 0.15) is 5.76 Å². The Labute approximate surface area is 111 Å². The van der Waals surface area contributed by atoms with Crippen LogP contribution in [0.15, 0.2) is 47.1 Å². The lowest BCUT2D eigenvalue weighted by atomic mass is 10.2. The molecule has 0 unspecified atom stereocenters. The van der Waals surface area contributed by atoms with Gasteiger partial charge in [0.25, 0.3) is 0 Å². The largest absolute Gasteiger partial charge is 0.468 e. The van der Waals surface area contributed by atoms with Crippen LogP contribution in [0.3, 0.4) is 0 Å². The molecule has 0 aliphatic rings. The molecule has 19 heavy (non-hydrogen) atoms. The van der Waals surface area contributed by atoms with Crippen molar-refractivity contribution in [2.45, 2.75) is 12.3 Å². The third-order valence-corrected chi connectivity index (χ3v) is 3.78. The molecule has 2 aromatic rings. The van der Waals surface area contributed by atoms with E-state index in [1.165, 1.54) is 6.26 Å². The van der Waals surface area contributed by atoms with E-state index in [0.717, 1.165) is 0 Å². The highest BCUT2D eigenvalue weighted by Gasteiger charge is 2.12. The number of rotatable bonds is 5. The van der Waals surface area contributed by atoms with E-state index in [4.69, 9.17) is 9.68 Å². The van der Waals surface area contributed by atoms with E-state index >= 15 is 0 Å². The van der Waals surface area contributed by atoms with Gasteiger partial charge in [-0.3, -0.25) is 0 Å². The van der Waals surface area contributed by atoms with E-state index < -0.39 is 10.0 Å². The second kappa shape index (κ2) is 5.69. The maximum absolute atomic E-state index is 11.8. The Morgan fingerprint density at radius 3 is 2.53 bits per heavy atom. The van der Waals surface area contributed by atoms with Crippen LogP contribution in [0, 0.1) is 11.3 Å². The standard InChI is InChI=1S/C13H12N2O3S/c14-8-11-3-5-12(6-4-11)10-19(16,17)15-9-13-2-1-7-18-13/h1-7,15H,9-10H2. The Morgan fingerprint density at radius 1 is 1.21 bits per heavy atom. The zero-order valence-electron chi connectivity index (χ0n) is 10.0. The van der Waals surface area contributed by atoms with Gasteiger partial charge in [-0.15, -0.1) is 0 Å². The summed E-state index contributed by atoms with van der Waals surface area (Å²) < 4.78 is 31.2. The van der Waals surface area contributed by atoms with Crippen molar-refractivity contribution in [3.8, 4) is 6.07 Å². The van der Waals surface area contributed by atoms with Crippen molar-refractivity contribution in [1.82, 2.24) is 4.72 Å². The first-order valence-electron chi connectivity index (χ1n) is 5.58. The van der Waals surface area contributed by atoms with Crippen LogP contribution in [-0.2, 0) is 22.3 Å². The molecule has 0 saturated carbocycles. The Kier molecular flexibility index (Phi) is 4.00. The summed E-state index contributed by atoms with van der Waals surface area (Å²) in [6.45, 7) is 0.131. The molecule has 98 valence electrons. The molecule has 0 spiro atoms. The molecule has 0 atom stereocenters. The fourth-order valence-electron chi connectivity index (χ4n) is 1.54. The third kappa shape index (κ3) is 3.95. The average Bonchev–Trinajstić information content (AvgIpc) is 2.90. The van der Waals surface area contributed by atoms with E-state index in [9.17, 15) is 8.42 Å². The first-order valence-corrected chi connectivity index (χ1v) is 7.23.